The van der Waals surface area contributed by atoms with Gasteiger partial charge in [-0.25, -0.2) is 0 Å². The Bertz CT molecular complexity index is 792. The second-order valence-electron chi connectivity index (χ2n) is 6.11. The van der Waals surface area contributed by atoms with Gasteiger partial charge in [-0.2, -0.15) is 0 Å². The quantitative estimate of drug-likeness (QED) is 0.945. The highest BCUT2D eigenvalue weighted by Gasteiger charge is 2.29. The van der Waals surface area contributed by atoms with Gasteiger partial charge in [-0.1, -0.05) is 5.16 Å². The Labute approximate surface area is 133 Å². The molecule has 1 N–H and O–H groups in total. The van der Waals surface area contributed by atoms with Crippen LogP contribution in [0.15, 0.2) is 28.8 Å². The molecule has 0 spiro atoms. The number of hydrogen-bond acceptors (Lipinski definition) is 4. The van der Waals surface area contributed by atoms with Gasteiger partial charge in [-0.15, -0.1) is 0 Å². The lowest BCUT2D eigenvalue weighted by atomic mass is 10.1. The first-order chi connectivity index (χ1) is 11.1. The molecule has 4 rings (SSSR count). The number of anilines is 2. The molecule has 0 unspecified atom stereocenters. The zero-order valence-corrected chi connectivity index (χ0v) is 12.8. The fourth-order valence-electron chi connectivity index (χ4n) is 2.96. The van der Waals surface area contributed by atoms with Crippen LogP contribution in [0.3, 0.4) is 0 Å². The van der Waals surface area contributed by atoms with Crippen molar-refractivity contribution in [2.45, 2.75) is 32.1 Å². The number of hydrogen-bond donors (Lipinski definition) is 1. The van der Waals surface area contributed by atoms with Crippen molar-refractivity contribution in [3.05, 3.63) is 41.3 Å². The lowest BCUT2D eigenvalue weighted by molar-refractivity contribution is -0.116. The predicted molar refractivity (Wildman–Crippen MR) is 84.6 cm³/mol. The summed E-state index contributed by atoms with van der Waals surface area (Å²) in [6.07, 6.45) is 3.01. The molecular weight excluding hydrogens is 294 g/mol. The number of carbonyl (C=O) groups excluding carboxylic acids is 2. The number of rotatable bonds is 3. The molecule has 1 aromatic carbocycles. The van der Waals surface area contributed by atoms with Crippen molar-refractivity contribution in [1.29, 1.82) is 0 Å². The number of benzene rings is 1. The van der Waals surface area contributed by atoms with Gasteiger partial charge in [0.15, 0.2) is 5.69 Å². The Kier molecular flexibility index (Phi) is 3.18. The Morgan fingerprint density at radius 3 is 2.87 bits per heavy atom. The molecule has 1 aromatic heterocycles. The summed E-state index contributed by atoms with van der Waals surface area (Å²) in [5.74, 6) is 0.987. The Morgan fingerprint density at radius 1 is 1.30 bits per heavy atom. The summed E-state index contributed by atoms with van der Waals surface area (Å²) in [7, 11) is 0. The highest BCUT2D eigenvalue weighted by molar-refractivity contribution is 6.03. The monoisotopic (exact) mass is 311 g/mol. The molecule has 1 fully saturated rings. The average Bonchev–Trinajstić information content (AvgIpc) is 3.11. The maximum absolute atomic E-state index is 12.2. The molecular formula is C17H17N3O3. The van der Waals surface area contributed by atoms with Crippen LogP contribution >= 0.6 is 0 Å². The Hall–Kier alpha value is -2.63. The minimum Gasteiger partial charge on any atom is -0.360 e. The van der Waals surface area contributed by atoms with Crippen LogP contribution in [0.5, 0.6) is 0 Å². The highest BCUT2D eigenvalue weighted by atomic mass is 16.5. The summed E-state index contributed by atoms with van der Waals surface area (Å²) in [5.41, 5.74) is 3.00. The van der Waals surface area contributed by atoms with Crippen molar-refractivity contribution in [1.82, 2.24) is 5.16 Å². The average molecular weight is 311 g/mol. The fourth-order valence-corrected chi connectivity index (χ4v) is 2.96. The first kappa shape index (κ1) is 14.0. The van der Waals surface area contributed by atoms with Crippen molar-refractivity contribution in [3.8, 4) is 0 Å². The van der Waals surface area contributed by atoms with E-state index in [-0.39, 0.29) is 11.8 Å². The summed E-state index contributed by atoms with van der Waals surface area (Å²) in [6, 6.07) is 7.31. The van der Waals surface area contributed by atoms with Gasteiger partial charge >= 0.3 is 0 Å². The molecule has 6 nitrogen and oxygen atoms in total. The summed E-state index contributed by atoms with van der Waals surface area (Å²) in [5, 5.41) is 6.68. The first-order valence-corrected chi connectivity index (χ1v) is 7.81. The maximum Gasteiger partial charge on any atom is 0.277 e. The van der Waals surface area contributed by atoms with Crippen molar-refractivity contribution in [2.24, 2.45) is 0 Å². The van der Waals surface area contributed by atoms with Crippen LogP contribution in [-0.2, 0) is 11.2 Å². The fraction of sp³-hybridized carbons (Fsp3) is 0.353. The number of nitrogens with one attached hydrogen (secondary N) is 1. The van der Waals surface area contributed by atoms with E-state index >= 15 is 0 Å². The minimum absolute atomic E-state index is 0.0377. The third kappa shape index (κ3) is 2.60. The van der Waals surface area contributed by atoms with Crippen LogP contribution in [0, 0.1) is 0 Å². The van der Waals surface area contributed by atoms with Gasteiger partial charge in [-0.3, -0.25) is 9.59 Å². The molecule has 6 heteroatoms. The van der Waals surface area contributed by atoms with Crippen LogP contribution < -0.4 is 10.2 Å². The Morgan fingerprint density at radius 2 is 2.13 bits per heavy atom. The lowest BCUT2D eigenvalue weighted by Gasteiger charge is -2.14. The third-order valence-corrected chi connectivity index (χ3v) is 4.35. The SMILES string of the molecule is CC(=O)N1CCc2cc(NC(=O)c3cc(C4CC4)on3)ccc21. The van der Waals surface area contributed by atoms with Gasteiger partial charge in [0.25, 0.3) is 5.91 Å². The van der Waals surface area contributed by atoms with Crippen molar-refractivity contribution < 1.29 is 14.1 Å². The molecule has 118 valence electrons. The van der Waals surface area contributed by atoms with E-state index in [2.05, 4.69) is 10.5 Å². The molecule has 23 heavy (non-hydrogen) atoms. The van der Waals surface area contributed by atoms with Gasteiger partial charge in [-0.05, 0) is 43.0 Å². The van der Waals surface area contributed by atoms with Gasteiger partial charge in [0, 0.05) is 36.8 Å². The topological polar surface area (TPSA) is 75.4 Å². The van der Waals surface area contributed by atoms with E-state index in [1.165, 1.54) is 0 Å². The minimum atomic E-state index is -0.276. The van der Waals surface area contributed by atoms with Gasteiger partial charge < -0.3 is 14.7 Å². The zero-order chi connectivity index (χ0) is 16.0. The number of amides is 2. The molecule has 2 aromatic rings. The smallest absolute Gasteiger partial charge is 0.277 e. The number of fused-ring (bicyclic) bond motifs is 1. The predicted octanol–water partition coefficient (Wildman–Crippen LogP) is 2.71. The van der Waals surface area contributed by atoms with Gasteiger partial charge in [0.2, 0.25) is 5.91 Å². The van der Waals surface area contributed by atoms with E-state index in [1.54, 1.807) is 24.0 Å². The highest BCUT2D eigenvalue weighted by Crippen LogP contribution is 2.40. The largest absolute Gasteiger partial charge is 0.360 e. The van der Waals surface area contributed by atoms with Gasteiger partial charge in [0.1, 0.15) is 5.76 Å². The second-order valence-corrected chi connectivity index (χ2v) is 6.11. The van der Waals surface area contributed by atoms with Crippen molar-refractivity contribution in [3.63, 3.8) is 0 Å². The van der Waals surface area contributed by atoms with E-state index in [0.29, 0.717) is 23.8 Å². The molecule has 0 saturated heterocycles. The van der Waals surface area contributed by atoms with Crippen molar-refractivity contribution in [2.75, 3.05) is 16.8 Å². The standard InChI is InChI=1S/C17H17N3O3/c1-10(21)20-7-6-12-8-13(4-5-15(12)20)18-17(22)14-9-16(23-19-14)11-2-3-11/h4-5,8-9,11H,2-3,6-7H2,1H3,(H,18,22). The molecule has 2 aliphatic rings. The van der Waals surface area contributed by atoms with Crippen LogP contribution in [0.2, 0.25) is 0 Å². The summed E-state index contributed by atoms with van der Waals surface area (Å²) in [6.45, 7) is 2.25. The summed E-state index contributed by atoms with van der Waals surface area (Å²) >= 11 is 0. The molecule has 1 aliphatic carbocycles. The molecule has 0 radical (unpaired) electrons. The molecule has 2 amide bonds. The number of nitrogens with zero attached hydrogens (tertiary/aromatic N) is 2. The molecule has 1 saturated carbocycles. The normalized spacial score (nSPS) is 16.3. The first-order valence-electron chi connectivity index (χ1n) is 7.81. The molecule has 2 heterocycles. The summed E-state index contributed by atoms with van der Waals surface area (Å²) in [4.78, 5) is 25.6. The zero-order valence-electron chi connectivity index (χ0n) is 12.8. The third-order valence-electron chi connectivity index (χ3n) is 4.35. The second kappa shape index (κ2) is 5.22. The molecule has 0 atom stereocenters. The van der Waals surface area contributed by atoms with E-state index in [0.717, 1.165) is 36.3 Å². The Balaban J connectivity index is 1.50. The number of carbonyl (C=O) groups is 2. The van der Waals surface area contributed by atoms with Crippen molar-refractivity contribution >= 4 is 23.2 Å². The van der Waals surface area contributed by atoms with E-state index in [1.807, 2.05) is 12.1 Å². The maximum atomic E-state index is 12.2. The van der Waals surface area contributed by atoms with Crippen LogP contribution in [-0.4, -0.2) is 23.5 Å². The lowest BCUT2D eigenvalue weighted by Crippen LogP contribution is -2.25. The molecule has 1 aliphatic heterocycles. The molecule has 0 bridgehead atoms. The van der Waals surface area contributed by atoms with E-state index in [4.69, 9.17) is 4.52 Å². The van der Waals surface area contributed by atoms with Crippen LogP contribution in [0.25, 0.3) is 0 Å². The van der Waals surface area contributed by atoms with Crippen LogP contribution in [0.4, 0.5) is 11.4 Å². The van der Waals surface area contributed by atoms with E-state index < -0.39 is 0 Å². The van der Waals surface area contributed by atoms with Gasteiger partial charge in [0.05, 0.1) is 0 Å². The number of aromatic nitrogens is 1. The van der Waals surface area contributed by atoms with Crippen LogP contribution in [0.1, 0.15) is 47.5 Å². The summed E-state index contributed by atoms with van der Waals surface area (Å²) < 4.78 is 5.21. The van der Waals surface area contributed by atoms with E-state index in [9.17, 15) is 9.59 Å².